The van der Waals surface area contributed by atoms with Crippen molar-refractivity contribution in [1.29, 1.82) is 0 Å². The molecule has 3 nitrogen and oxygen atoms in total. The summed E-state index contributed by atoms with van der Waals surface area (Å²) in [6.45, 7) is 0. The molecule has 0 aliphatic carbocycles. The van der Waals surface area contributed by atoms with Crippen molar-refractivity contribution >= 4 is 27.1 Å². The van der Waals surface area contributed by atoms with Gasteiger partial charge in [0.25, 0.3) is 0 Å². The summed E-state index contributed by atoms with van der Waals surface area (Å²) in [6, 6.07) is 0. The Balaban J connectivity index is 0. The van der Waals surface area contributed by atoms with E-state index < -0.39 is 7.32 Å². The van der Waals surface area contributed by atoms with E-state index in [4.69, 9.17) is 15.1 Å². The van der Waals surface area contributed by atoms with E-state index in [1.54, 1.807) is 0 Å². The molecule has 0 unspecified atom stereocenters. The van der Waals surface area contributed by atoms with Crippen molar-refractivity contribution in [2.24, 2.45) is 0 Å². The average Bonchev–Trinajstić information content (AvgIpc) is 0.811. The van der Waals surface area contributed by atoms with Gasteiger partial charge in [-0.25, -0.2) is 0 Å². The average molecular weight is 129 g/mol. The predicted molar refractivity (Wildman–Crippen MR) is 11.5 cm³/mol. The normalized spacial score (nSPS) is 5.40. The van der Waals surface area contributed by atoms with Gasteiger partial charge in [0.05, 0.1) is 0 Å². The van der Waals surface area contributed by atoms with Crippen LogP contribution in [-0.4, -0.2) is 27.1 Å². The van der Waals surface area contributed by atoms with E-state index >= 15 is 0 Å². The third kappa shape index (κ3) is 90.3. The van der Waals surface area contributed by atoms with Gasteiger partial charge in [-0.3, -0.25) is 7.32 Å². The Kier molecular flexibility index (Phi) is 8.37. The van der Waals surface area contributed by atoms with Gasteiger partial charge < -0.3 is 15.1 Å². The van der Waals surface area contributed by atoms with Gasteiger partial charge in [0.2, 0.25) is 0 Å². The van der Waals surface area contributed by atoms with Crippen molar-refractivity contribution in [2.45, 2.75) is 0 Å². The SMILES string of the molecule is [Ga+3].[O-]B([O-])[O-]. The van der Waals surface area contributed by atoms with Crippen molar-refractivity contribution in [3.8, 4) is 0 Å². The monoisotopic (exact) mass is 128 g/mol. The van der Waals surface area contributed by atoms with Crippen LogP contribution in [0.15, 0.2) is 0 Å². The first-order chi connectivity index (χ1) is 1.73. The molecule has 0 atom stereocenters. The largest absolute Gasteiger partial charge is 3.00 e. The van der Waals surface area contributed by atoms with Crippen molar-refractivity contribution in [1.82, 2.24) is 0 Å². The second-order valence-electron chi connectivity index (χ2n) is 0.289. The van der Waals surface area contributed by atoms with E-state index in [0.29, 0.717) is 0 Å². The molecule has 0 spiro atoms. The van der Waals surface area contributed by atoms with Crippen LogP contribution < -0.4 is 15.1 Å². The smallest absolute Gasteiger partial charge is 0.907 e. The first kappa shape index (κ1) is 9.13. The molecule has 0 bridgehead atoms. The van der Waals surface area contributed by atoms with Crippen LogP contribution in [0.4, 0.5) is 0 Å². The fourth-order valence-electron chi connectivity index (χ4n) is 0. The minimum Gasteiger partial charge on any atom is -0.907 e. The third-order valence-corrected chi connectivity index (χ3v) is 0. The van der Waals surface area contributed by atoms with Crippen LogP contribution in [0.1, 0.15) is 0 Å². The molecular weight excluding hydrogens is 129 g/mol. The molecule has 24 valence electrons. The van der Waals surface area contributed by atoms with Gasteiger partial charge in [0.1, 0.15) is 0 Å². The summed E-state index contributed by atoms with van der Waals surface area (Å²) in [7, 11) is -2.92. The van der Waals surface area contributed by atoms with Crippen LogP contribution in [0, 0.1) is 0 Å². The van der Waals surface area contributed by atoms with Gasteiger partial charge in [0.15, 0.2) is 0 Å². The summed E-state index contributed by atoms with van der Waals surface area (Å²) in [5.41, 5.74) is 0. The van der Waals surface area contributed by atoms with E-state index in [9.17, 15) is 0 Å². The number of hydrogen-bond donors (Lipinski definition) is 0. The quantitative estimate of drug-likeness (QED) is 0.310. The predicted octanol–water partition coefficient (Wildman–Crippen LogP) is -4.33. The Bertz CT molecular complexity index is 11.6. The molecule has 0 saturated carbocycles. The van der Waals surface area contributed by atoms with Gasteiger partial charge >= 0.3 is 19.8 Å². The second kappa shape index (κ2) is 4.58. The van der Waals surface area contributed by atoms with Gasteiger partial charge in [-0.2, -0.15) is 0 Å². The summed E-state index contributed by atoms with van der Waals surface area (Å²) in [6.07, 6.45) is 0. The molecule has 0 heterocycles. The van der Waals surface area contributed by atoms with Crippen LogP contribution in [-0.2, 0) is 0 Å². The molecule has 0 aromatic rings. The van der Waals surface area contributed by atoms with E-state index in [0.717, 1.165) is 0 Å². The summed E-state index contributed by atoms with van der Waals surface area (Å²) >= 11 is 0. The Labute approximate surface area is 42.9 Å². The molecule has 0 fully saturated rings. The summed E-state index contributed by atoms with van der Waals surface area (Å²) < 4.78 is 0. The number of rotatable bonds is 0. The summed E-state index contributed by atoms with van der Waals surface area (Å²) in [5, 5.41) is 25.2. The van der Waals surface area contributed by atoms with Crippen molar-refractivity contribution < 1.29 is 15.1 Å². The molecule has 0 aliphatic rings. The van der Waals surface area contributed by atoms with Gasteiger partial charge in [-0.15, -0.1) is 0 Å². The topological polar surface area (TPSA) is 69.2 Å². The van der Waals surface area contributed by atoms with E-state index in [-0.39, 0.29) is 19.8 Å². The Morgan fingerprint density at radius 3 is 1.00 bits per heavy atom. The van der Waals surface area contributed by atoms with Crippen molar-refractivity contribution in [3.63, 3.8) is 0 Å². The number of hydrogen-bond acceptors (Lipinski definition) is 3. The molecule has 0 rings (SSSR count). The molecule has 0 saturated heterocycles. The van der Waals surface area contributed by atoms with Gasteiger partial charge in [0, 0.05) is 0 Å². The molecule has 5 heteroatoms. The van der Waals surface area contributed by atoms with E-state index in [1.165, 1.54) is 0 Å². The van der Waals surface area contributed by atoms with Crippen LogP contribution >= 0.6 is 0 Å². The van der Waals surface area contributed by atoms with Crippen LogP contribution in [0.3, 0.4) is 0 Å². The maximum Gasteiger partial charge on any atom is 3.00 e. The molecule has 0 N–H and O–H groups in total. The molecular formula is BGaO3. The molecule has 0 amide bonds. The molecule has 0 aromatic carbocycles. The first-order valence-electron chi connectivity index (χ1n) is 0.707. The fourth-order valence-corrected chi connectivity index (χ4v) is 0. The Morgan fingerprint density at radius 2 is 1.00 bits per heavy atom. The molecule has 5 heavy (non-hydrogen) atoms. The van der Waals surface area contributed by atoms with Crippen LogP contribution in [0.5, 0.6) is 0 Å². The standard InChI is InChI=1S/BO3.Ga/c2-1(3)4;/q-3;+3. The van der Waals surface area contributed by atoms with E-state index in [2.05, 4.69) is 0 Å². The zero-order valence-corrected chi connectivity index (χ0v) is 4.80. The molecule has 0 radical (unpaired) electrons. The van der Waals surface area contributed by atoms with Crippen LogP contribution in [0.2, 0.25) is 0 Å². The minimum atomic E-state index is -2.92. The zero-order chi connectivity index (χ0) is 3.58. The summed E-state index contributed by atoms with van der Waals surface area (Å²) in [4.78, 5) is 0. The zero-order valence-electron chi connectivity index (χ0n) is 2.38. The second-order valence-corrected chi connectivity index (χ2v) is 0.289. The molecule has 0 aromatic heterocycles. The Morgan fingerprint density at radius 1 is 1.00 bits per heavy atom. The van der Waals surface area contributed by atoms with Gasteiger partial charge in [-0.05, 0) is 0 Å². The fraction of sp³-hybridized carbons (Fsp3) is 0. The third-order valence-electron chi connectivity index (χ3n) is 0. The minimum absolute atomic E-state index is 0. The maximum atomic E-state index is 8.42. The first-order valence-corrected chi connectivity index (χ1v) is 0.707. The molecule has 0 aliphatic heterocycles. The summed E-state index contributed by atoms with van der Waals surface area (Å²) in [5.74, 6) is 0. The van der Waals surface area contributed by atoms with Crippen LogP contribution in [0.25, 0.3) is 0 Å². The maximum absolute atomic E-state index is 8.42. The van der Waals surface area contributed by atoms with Crippen molar-refractivity contribution in [3.05, 3.63) is 0 Å². The van der Waals surface area contributed by atoms with Crippen molar-refractivity contribution in [2.75, 3.05) is 0 Å². The van der Waals surface area contributed by atoms with E-state index in [1.807, 2.05) is 0 Å². The van der Waals surface area contributed by atoms with Gasteiger partial charge in [-0.1, -0.05) is 0 Å². The Hall–Kier alpha value is 0.581.